The highest BCUT2D eigenvalue weighted by Gasteiger charge is 2.45. The van der Waals surface area contributed by atoms with Crippen molar-refractivity contribution in [2.75, 3.05) is 33.8 Å². The molecule has 1 unspecified atom stereocenters. The van der Waals surface area contributed by atoms with E-state index >= 15 is 0 Å². The second-order valence-electron chi connectivity index (χ2n) is 8.78. The lowest BCUT2D eigenvalue weighted by Crippen LogP contribution is -2.32. The van der Waals surface area contributed by atoms with Gasteiger partial charge in [-0.15, -0.1) is 0 Å². The summed E-state index contributed by atoms with van der Waals surface area (Å²) in [6, 6.07) is 11.8. The number of carbonyl (C=O) groups excluding carboxylic acids is 2. The molecule has 0 aliphatic carbocycles. The molecule has 1 aliphatic rings. The molecule has 7 heteroatoms. The summed E-state index contributed by atoms with van der Waals surface area (Å²) in [5, 5.41) is 11.1. The van der Waals surface area contributed by atoms with Crippen molar-refractivity contribution in [3.63, 3.8) is 0 Å². The first kappa shape index (κ1) is 25.4. The lowest BCUT2D eigenvalue weighted by molar-refractivity contribution is -0.139. The van der Waals surface area contributed by atoms with Gasteiger partial charge in [0.1, 0.15) is 17.3 Å². The first-order valence-electron chi connectivity index (χ1n) is 11.7. The lowest BCUT2D eigenvalue weighted by Gasteiger charge is -2.26. The highest BCUT2D eigenvalue weighted by atomic mass is 19.1. The van der Waals surface area contributed by atoms with Crippen LogP contribution < -0.4 is 4.74 Å². The summed E-state index contributed by atoms with van der Waals surface area (Å²) in [6.07, 6.45) is 3.77. The van der Waals surface area contributed by atoms with Gasteiger partial charge in [-0.3, -0.25) is 9.59 Å². The third-order valence-corrected chi connectivity index (χ3v) is 5.85. The minimum absolute atomic E-state index is 0.00425. The fourth-order valence-corrected chi connectivity index (χ4v) is 4.09. The Morgan fingerprint density at radius 3 is 2.50 bits per heavy atom. The molecule has 2 aromatic carbocycles. The van der Waals surface area contributed by atoms with Gasteiger partial charge in [0.25, 0.3) is 11.7 Å². The third-order valence-electron chi connectivity index (χ3n) is 5.85. The Balaban J connectivity index is 2.01. The van der Waals surface area contributed by atoms with Crippen LogP contribution in [0.1, 0.15) is 49.8 Å². The van der Waals surface area contributed by atoms with E-state index in [-0.39, 0.29) is 16.9 Å². The molecule has 6 nitrogen and oxygen atoms in total. The van der Waals surface area contributed by atoms with Gasteiger partial charge in [-0.2, -0.15) is 0 Å². The van der Waals surface area contributed by atoms with Crippen molar-refractivity contribution >= 4 is 17.4 Å². The largest absolute Gasteiger partial charge is 0.507 e. The highest BCUT2D eigenvalue weighted by molar-refractivity contribution is 6.46. The summed E-state index contributed by atoms with van der Waals surface area (Å²) in [5.74, 6) is -1.51. The minimum Gasteiger partial charge on any atom is -0.507 e. The number of ether oxygens (including phenoxy) is 1. The second kappa shape index (κ2) is 11.8. The molecule has 1 N–H and O–H groups in total. The number of halogens is 1. The van der Waals surface area contributed by atoms with E-state index < -0.39 is 23.5 Å². The molecule has 2 aromatic rings. The topological polar surface area (TPSA) is 70.1 Å². The zero-order chi connectivity index (χ0) is 24.7. The lowest BCUT2D eigenvalue weighted by atomic mass is 9.95. The predicted molar refractivity (Wildman–Crippen MR) is 130 cm³/mol. The molecule has 0 saturated carbocycles. The van der Waals surface area contributed by atoms with E-state index in [4.69, 9.17) is 4.74 Å². The number of likely N-dealkylation sites (tertiary alicyclic amines) is 1. The number of nitrogens with zero attached hydrogens (tertiary/aromatic N) is 2. The first-order valence-corrected chi connectivity index (χ1v) is 11.7. The molecule has 1 fully saturated rings. The molecule has 1 amide bonds. The zero-order valence-electron chi connectivity index (χ0n) is 20.1. The molecule has 182 valence electrons. The van der Waals surface area contributed by atoms with Crippen LogP contribution in [0.15, 0.2) is 54.1 Å². The van der Waals surface area contributed by atoms with Gasteiger partial charge >= 0.3 is 0 Å². The van der Waals surface area contributed by atoms with Crippen molar-refractivity contribution < 1.29 is 23.8 Å². The van der Waals surface area contributed by atoms with Crippen LogP contribution in [0.3, 0.4) is 0 Å². The average molecular weight is 469 g/mol. The summed E-state index contributed by atoms with van der Waals surface area (Å²) < 4.78 is 19.3. The van der Waals surface area contributed by atoms with Gasteiger partial charge < -0.3 is 19.6 Å². The molecular weight excluding hydrogens is 435 g/mol. The number of aliphatic hydroxyl groups is 1. The van der Waals surface area contributed by atoms with Gasteiger partial charge in [0, 0.05) is 12.1 Å². The van der Waals surface area contributed by atoms with Crippen LogP contribution in [0.25, 0.3) is 5.76 Å². The molecular formula is C27H33FN2O4. The molecule has 1 atom stereocenters. The first-order chi connectivity index (χ1) is 16.3. The van der Waals surface area contributed by atoms with E-state index in [9.17, 15) is 19.1 Å². The van der Waals surface area contributed by atoms with Gasteiger partial charge in [0.15, 0.2) is 0 Å². The van der Waals surface area contributed by atoms with Gasteiger partial charge in [-0.05, 0) is 75.4 Å². The highest BCUT2D eigenvalue weighted by Crippen LogP contribution is 2.40. The predicted octanol–water partition coefficient (Wildman–Crippen LogP) is 4.77. The fraction of sp³-hybridized carbons (Fsp3) is 0.407. The van der Waals surface area contributed by atoms with Crippen LogP contribution in [-0.4, -0.2) is 60.4 Å². The van der Waals surface area contributed by atoms with Crippen LogP contribution in [0.4, 0.5) is 4.39 Å². The van der Waals surface area contributed by atoms with Crippen LogP contribution >= 0.6 is 0 Å². The molecule has 0 aromatic heterocycles. The van der Waals surface area contributed by atoms with Crippen molar-refractivity contribution in [3.05, 3.63) is 71.0 Å². The van der Waals surface area contributed by atoms with Crippen molar-refractivity contribution in [3.8, 4) is 5.75 Å². The number of rotatable bonds is 11. The summed E-state index contributed by atoms with van der Waals surface area (Å²) in [6.45, 7) is 3.81. The van der Waals surface area contributed by atoms with Crippen molar-refractivity contribution in [1.29, 1.82) is 0 Å². The quantitative estimate of drug-likeness (QED) is 0.223. The number of amides is 1. The maximum absolute atomic E-state index is 13.4. The number of aliphatic hydroxyl groups excluding tert-OH is 1. The molecule has 1 heterocycles. The number of hydrogen-bond acceptors (Lipinski definition) is 5. The molecule has 0 spiro atoms. The summed E-state index contributed by atoms with van der Waals surface area (Å²) >= 11 is 0. The van der Waals surface area contributed by atoms with E-state index in [0.717, 1.165) is 25.8 Å². The number of hydrogen-bond donors (Lipinski definition) is 1. The summed E-state index contributed by atoms with van der Waals surface area (Å²) in [5.41, 5.74) is 0.968. The Hall–Kier alpha value is -3.19. The Morgan fingerprint density at radius 1 is 1.09 bits per heavy atom. The van der Waals surface area contributed by atoms with E-state index in [1.807, 2.05) is 43.3 Å². The SMILES string of the molecule is CCCCCOc1cccc(C2/C(=C(\O)c3ccc(F)cc3)C(=O)C(=O)N2CCCN(C)C)c1. The standard InChI is InChI=1S/C27H33FN2O4/c1-4-5-6-17-34-22-10-7-9-20(18-22)24-23(25(31)19-11-13-21(28)14-12-19)26(32)27(33)30(24)16-8-15-29(2)3/h7,9-14,18,24,31H,4-6,8,15-17H2,1-3H3/b25-23+. The van der Waals surface area contributed by atoms with Crippen LogP contribution in [-0.2, 0) is 9.59 Å². The molecule has 3 rings (SSSR count). The number of ketones is 1. The van der Waals surface area contributed by atoms with Gasteiger partial charge in [0.2, 0.25) is 0 Å². The average Bonchev–Trinajstić information content (AvgIpc) is 3.07. The number of Topliss-reactive ketones (excluding diaryl/α,β-unsaturated/α-hetero) is 1. The third kappa shape index (κ3) is 6.03. The van der Waals surface area contributed by atoms with Crippen molar-refractivity contribution in [1.82, 2.24) is 9.80 Å². The molecule has 1 aliphatic heterocycles. The van der Waals surface area contributed by atoms with Crippen molar-refractivity contribution in [2.24, 2.45) is 0 Å². The maximum Gasteiger partial charge on any atom is 0.295 e. The normalized spacial score (nSPS) is 17.6. The van der Waals surface area contributed by atoms with Crippen LogP contribution in [0.2, 0.25) is 0 Å². The number of carbonyl (C=O) groups is 2. The van der Waals surface area contributed by atoms with E-state index in [2.05, 4.69) is 6.92 Å². The van der Waals surface area contributed by atoms with Gasteiger partial charge in [-0.1, -0.05) is 31.9 Å². The Morgan fingerprint density at radius 2 is 1.82 bits per heavy atom. The molecule has 0 bridgehead atoms. The Bertz CT molecular complexity index is 1030. The molecule has 1 saturated heterocycles. The minimum atomic E-state index is -0.758. The van der Waals surface area contributed by atoms with Crippen LogP contribution in [0, 0.1) is 5.82 Å². The number of benzene rings is 2. The smallest absolute Gasteiger partial charge is 0.295 e. The molecule has 0 radical (unpaired) electrons. The van der Waals surface area contributed by atoms with Crippen molar-refractivity contribution in [2.45, 2.75) is 38.6 Å². The van der Waals surface area contributed by atoms with Gasteiger partial charge in [0.05, 0.1) is 18.2 Å². The monoisotopic (exact) mass is 468 g/mol. The fourth-order valence-electron chi connectivity index (χ4n) is 4.09. The van der Waals surface area contributed by atoms with Crippen LogP contribution in [0.5, 0.6) is 5.75 Å². The zero-order valence-corrected chi connectivity index (χ0v) is 20.1. The summed E-state index contributed by atoms with van der Waals surface area (Å²) in [7, 11) is 3.89. The van der Waals surface area contributed by atoms with Gasteiger partial charge in [-0.25, -0.2) is 4.39 Å². The summed E-state index contributed by atoms with van der Waals surface area (Å²) in [4.78, 5) is 29.6. The Kier molecular flexibility index (Phi) is 8.82. The number of unbranched alkanes of at least 4 members (excludes halogenated alkanes) is 2. The Labute approximate surface area is 200 Å². The molecule has 34 heavy (non-hydrogen) atoms. The van der Waals surface area contributed by atoms with E-state index in [1.165, 1.54) is 29.2 Å². The maximum atomic E-state index is 13.4. The second-order valence-corrected chi connectivity index (χ2v) is 8.78. The van der Waals surface area contributed by atoms with E-state index in [1.54, 1.807) is 0 Å². The van der Waals surface area contributed by atoms with E-state index in [0.29, 0.717) is 30.9 Å².